The van der Waals surface area contributed by atoms with Crippen molar-refractivity contribution in [1.29, 1.82) is 0 Å². The molecule has 0 unspecified atom stereocenters. The number of anilines is 1. The number of amides is 1. The van der Waals surface area contributed by atoms with Gasteiger partial charge in [0.25, 0.3) is 0 Å². The Balaban J connectivity index is 2.09. The number of rotatable bonds is 1. The molecule has 1 saturated carbocycles. The molecule has 0 N–H and O–H groups in total. The van der Waals surface area contributed by atoms with E-state index >= 15 is 0 Å². The first kappa shape index (κ1) is 8.49. The molecule has 0 aromatic heterocycles. The molecule has 1 aromatic carbocycles. The van der Waals surface area contributed by atoms with Gasteiger partial charge in [-0.2, -0.15) is 0 Å². The van der Waals surface area contributed by atoms with E-state index in [1.807, 2.05) is 17.0 Å². The summed E-state index contributed by atoms with van der Waals surface area (Å²) in [5, 5.41) is 0. The Hall–Kier alpha value is -1.82. The molecule has 0 spiro atoms. The number of hydrogen-bond acceptors (Lipinski definition) is 1. The van der Waals surface area contributed by atoms with Crippen LogP contribution < -0.4 is 4.90 Å². The van der Waals surface area contributed by atoms with Crippen LogP contribution in [-0.4, -0.2) is 11.9 Å². The quantitative estimate of drug-likeness (QED) is 0.635. The van der Waals surface area contributed by atoms with Gasteiger partial charge in [0.1, 0.15) is 0 Å². The van der Waals surface area contributed by atoms with E-state index in [-0.39, 0.29) is 5.91 Å². The molecule has 2 aliphatic rings. The van der Waals surface area contributed by atoms with Crippen molar-refractivity contribution in [3.63, 3.8) is 0 Å². The highest BCUT2D eigenvalue weighted by atomic mass is 16.2. The predicted molar refractivity (Wildman–Crippen MR) is 56.9 cm³/mol. The topological polar surface area (TPSA) is 24.7 Å². The van der Waals surface area contributed by atoms with Crippen LogP contribution in [0.15, 0.2) is 18.2 Å². The number of carbonyl (C=O) groups is 1. The lowest BCUT2D eigenvalue weighted by Crippen LogP contribution is -2.28. The highest BCUT2D eigenvalue weighted by Crippen LogP contribution is 2.40. The van der Waals surface area contributed by atoms with Gasteiger partial charge in [0.05, 0.1) is 13.0 Å². The van der Waals surface area contributed by atoms with Crippen LogP contribution in [0.3, 0.4) is 0 Å². The number of benzene rings is 1. The molecule has 0 radical (unpaired) electrons. The normalized spacial score (nSPS) is 18.9. The third-order valence-corrected chi connectivity index (χ3v) is 2.98. The molecule has 74 valence electrons. The minimum atomic E-state index is 0.189. The van der Waals surface area contributed by atoms with Gasteiger partial charge in [0.15, 0.2) is 5.69 Å². The molecule has 1 amide bonds. The highest BCUT2D eigenvalue weighted by Gasteiger charge is 2.38. The molecular formula is C12H10N2O. The lowest BCUT2D eigenvalue weighted by atomic mass is 10.1. The molecule has 1 aliphatic carbocycles. The van der Waals surface area contributed by atoms with Crippen molar-refractivity contribution in [3.8, 4) is 0 Å². The van der Waals surface area contributed by atoms with Gasteiger partial charge in [-0.1, -0.05) is 12.1 Å². The van der Waals surface area contributed by atoms with Gasteiger partial charge in [0, 0.05) is 11.7 Å². The second-order valence-electron chi connectivity index (χ2n) is 4.10. The van der Waals surface area contributed by atoms with Crippen LogP contribution in [0.2, 0.25) is 0 Å². The number of fused-ring (bicyclic) bond motifs is 1. The molecule has 0 bridgehead atoms. The van der Waals surface area contributed by atoms with Crippen LogP contribution in [0, 0.1) is 6.57 Å². The van der Waals surface area contributed by atoms with Gasteiger partial charge >= 0.3 is 0 Å². The first-order chi connectivity index (χ1) is 7.29. The Kier molecular flexibility index (Phi) is 1.60. The lowest BCUT2D eigenvalue weighted by Gasteiger charge is -2.16. The summed E-state index contributed by atoms with van der Waals surface area (Å²) < 4.78 is 0. The number of nitrogens with zero attached hydrogens (tertiary/aromatic N) is 2. The molecule has 3 nitrogen and oxygen atoms in total. The summed E-state index contributed by atoms with van der Waals surface area (Å²) in [5.74, 6) is 0.189. The molecule has 3 heteroatoms. The van der Waals surface area contributed by atoms with Gasteiger partial charge in [-0.3, -0.25) is 4.79 Å². The zero-order valence-electron chi connectivity index (χ0n) is 8.23. The fraction of sp³-hybridized carbons (Fsp3) is 0.333. The van der Waals surface area contributed by atoms with Crippen molar-refractivity contribution < 1.29 is 4.79 Å². The molecule has 1 aliphatic heterocycles. The fourth-order valence-corrected chi connectivity index (χ4v) is 2.11. The first-order valence-corrected chi connectivity index (χ1v) is 5.12. The summed E-state index contributed by atoms with van der Waals surface area (Å²) in [4.78, 5) is 17.0. The van der Waals surface area contributed by atoms with Gasteiger partial charge in [0.2, 0.25) is 5.91 Å². The SMILES string of the molecule is [C-]#[N+]c1ccc2c(c1)N(C1CC1)C(=O)C2. The van der Waals surface area contributed by atoms with E-state index in [0.717, 1.165) is 24.1 Å². The Bertz CT molecular complexity index is 483. The summed E-state index contributed by atoms with van der Waals surface area (Å²) in [5.41, 5.74) is 2.66. The standard InChI is InChI=1S/C12H10N2O/c1-13-9-3-2-8-6-12(15)14(10-4-5-10)11(8)7-9/h2-3,7,10H,4-6H2. The predicted octanol–water partition coefficient (Wildman–Crippen LogP) is 2.29. The van der Waals surface area contributed by atoms with E-state index in [1.165, 1.54) is 0 Å². The van der Waals surface area contributed by atoms with Gasteiger partial charge in [-0.15, -0.1) is 0 Å². The van der Waals surface area contributed by atoms with Gasteiger partial charge in [-0.25, -0.2) is 4.85 Å². The maximum Gasteiger partial charge on any atom is 0.231 e. The van der Waals surface area contributed by atoms with Crippen molar-refractivity contribution in [1.82, 2.24) is 0 Å². The summed E-state index contributed by atoms with van der Waals surface area (Å²) in [6.07, 6.45) is 2.71. The maximum absolute atomic E-state index is 11.8. The molecule has 3 rings (SSSR count). The average Bonchev–Trinajstić information content (AvgIpc) is 3.00. The van der Waals surface area contributed by atoms with Crippen molar-refractivity contribution in [2.24, 2.45) is 0 Å². The molecular weight excluding hydrogens is 188 g/mol. The second-order valence-corrected chi connectivity index (χ2v) is 4.10. The van der Waals surface area contributed by atoms with Crippen molar-refractivity contribution in [2.75, 3.05) is 4.90 Å². The largest absolute Gasteiger partial charge is 0.310 e. The van der Waals surface area contributed by atoms with Crippen LogP contribution in [0.1, 0.15) is 18.4 Å². The number of carbonyl (C=O) groups excluding carboxylic acids is 1. The summed E-state index contributed by atoms with van der Waals surface area (Å²) >= 11 is 0. The van der Waals surface area contributed by atoms with Crippen LogP contribution in [0.25, 0.3) is 4.85 Å². The van der Waals surface area contributed by atoms with Gasteiger partial charge < -0.3 is 4.90 Å². The molecule has 15 heavy (non-hydrogen) atoms. The zero-order chi connectivity index (χ0) is 10.4. The van der Waals surface area contributed by atoms with E-state index in [2.05, 4.69) is 4.85 Å². The van der Waals surface area contributed by atoms with Crippen molar-refractivity contribution >= 4 is 17.3 Å². The third kappa shape index (κ3) is 1.22. The summed E-state index contributed by atoms with van der Waals surface area (Å²) in [7, 11) is 0. The molecule has 1 fully saturated rings. The minimum Gasteiger partial charge on any atom is -0.310 e. The van der Waals surface area contributed by atoms with Crippen LogP contribution >= 0.6 is 0 Å². The third-order valence-electron chi connectivity index (χ3n) is 2.98. The van der Waals surface area contributed by atoms with Gasteiger partial charge in [-0.05, 0) is 24.5 Å². The zero-order valence-corrected chi connectivity index (χ0v) is 8.23. The smallest absolute Gasteiger partial charge is 0.231 e. The van der Waals surface area contributed by atoms with E-state index in [4.69, 9.17) is 6.57 Å². The first-order valence-electron chi connectivity index (χ1n) is 5.12. The van der Waals surface area contributed by atoms with Crippen LogP contribution in [-0.2, 0) is 11.2 Å². The molecule has 0 atom stereocenters. The highest BCUT2D eigenvalue weighted by molar-refractivity contribution is 6.02. The Morgan fingerprint density at radius 3 is 2.87 bits per heavy atom. The Morgan fingerprint density at radius 1 is 1.40 bits per heavy atom. The fourth-order valence-electron chi connectivity index (χ4n) is 2.11. The van der Waals surface area contributed by atoms with Crippen LogP contribution in [0.5, 0.6) is 0 Å². The van der Waals surface area contributed by atoms with E-state index < -0.39 is 0 Å². The van der Waals surface area contributed by atoms with Crippen LogP contribution in [0.4, 0.5) is 11.4 Å². The van der Waals surface area contributed by atoms with E-state index in [0.29, 0.717) is 18.2 Å². The summed E-state index contributed by atoms with van der Waals surface area (Å²) in [6, 6.07) is 5.93. The van der Waals surface area contributed by atoms with Crippen molar-refractivity contribution in [2.45, 2.75) is 25.3 Å². The number of hydrogen-bond donors (Lipinski definition) is 0. The van der Waals surface area contributed by atoms with Crippen molar-refractivity contribution in [3.05, 3.63) is 35.2 Å². The molecule has 1 heterocycles. The maximum atomic E-state index is 11.8. The monoisotopic (exact) mass is 198 g/mol. The molecule has 0 saturated heterocycles. The van der Waals surface area contributed by atoms with E-state index in [9.17, 15) is 4.79 Å². The van der Waals surface area contributed by atoms with E-state index in [1.54, 1.807) is 6.07 Å². The average molecular weight is 198 g/mol. The summed E-state index contributed by atoms with van der Waals surface area (Å²) in [6.45, 7) is 6.97. The second kappa shape index (κ2) is 2.83. The lowest BCUT2D eigenvalue weighted by molar-refractivity contribution is -0.117. The Labute approximate surface area is 88.1 Å². The Morgan fingerprint density at radius 2 is 2.20 bits per heavy atom. The molecule has 1 aromatic rings. The minimum absolute atomic E-state index is 0.189.